The van der Waals surface area contributed by atoms with E-state index in [4.69, 9.17) is 5.73 Å². The van der Waals surface area contributed by atoms with Gasteiger partial charge in [-0.25, -0.2) is 8.42 Å². The van der Waals surface area contributed by atoms with Crippen molar-refractivity contribution in [1.82, 2.24) is 14.1 Å². The Balaban J connectivity index is 2.20. The highest BCUT2D eigenvalue weighted by atomic mass is 32.2. The standard InChI is InChI=1S/C13H18N4O2S/c1-16-10-13(8-15-16)20(18,19)17(2)9-12-5-3-4-11(6-12)7-14/h3-6,8,10H,7,9,14H2,1-2H3. The van der Waals surface area contributed by atoms with Gasteiger partial charge in [0.15, 0.2) is 0 Å². The third-order valence-corrected chi connectivity index (χ3v) is 4.78. The van der Waals surface area contributed by atoms with E-state index in [2.05, 4.69) is 5.10 Å². The second-order valence-corrected chi connectivity index (χ2v) is 6.68. The second-order valence-electron chi connectivity index (χ2n) is 4.63. The van der Waals surface area contributed by atoms with Crippen LogP contribution in [0.4, 0.5) is 0 Å². The second kappa shape index (κ2) is 5.74. The zero-order valence-electron chi connectivity index (χ0n) is 11.5. The third kappa shape index (κ3) is 3.06. The van der Waals surface area contributed by atoms with Crippen molar-refractivity contribution < 1.29 is 8.42 Å². The fourth-order valence-electron chi connectivity index (χ4n) is 1.91. The Bertz CT molecular complexity index is 694. The van der Waals surface area contributed by atoms with Crippen LogP contribution in [0.2, 0.25) is 0 Å². The maximum atomic E-state index is 12.4. The summed E-state index contributed by atoms with van der Waals surface area (Å²) in [5, 5.41) is 3.89. The van der Waals surface area contributed by atoms with E-state index in [-0.39, 0.29) is 4.90 Å². The highest BCUT2D eigenvalue weighted by Crippen LogP contribution is 2.16. The number of hydrogen-bond acceptors (Lipinski definition) is 4. The summed E-state index contributed by atoms with van der Waals surface area (Å²) in [6, 6.07) is 7.59. The van der Waals surface area contributed by atoms with Crippen molar-refractivity contribution in [2.75, 3.05) is 7.05 Å². The fraction of sp³-hybridized carbons (Fsp3) is 0.308. The molecule has 7 heteroatoms. The molecule has 0 spiro atoms. The van der Waals surface area contributed by atoms with Crippen molar-refractivity contribution in [3.05, 3.63) is 47.8 Å². The maximum Gasteiger partial charge on any atom is 0.246 e. The van der Waals surface area contributed by atoms with Gasteiger partial charge in [0, 0.05) is 33.4 Å². The largest absolute Gasteiger partial charge is 0.326 e. The molecule has 0 saturated carbocycles. The van der Waals surface area contributed by atoms with Crippen molar-refractivity contribution in [2.45, 2.75) is 18.0 Å². The first-order valence-corrected chi connectivity index (χ1v) is 7.60. The molecule has 0 radical (unpaired) electrons. The molecule has 1 aromatic carbocycles. The first kappa shape index (κ1) is 14.7. The highest BCUT2D eigenvalue weighted by Gasteiger charge is 2.22. The predicted octanol–water partition coefficient (Wildman–Crippen LogP) is 0.699. The van der Waals surface area contributed by atoms with Crippen LogP contribution in [-0.2, 0) is 30.2 Å². The minimum Gasteiger partial charge on any atom is -0.326 e. The van der Waals surface area contributed by atoms with E-state index in [1.807, 2.05) is 24.3 Å². The van der Waals surface area contributed by atoms with Crippen molar-refractivity contribution in [3.63, 3.8) is 0 Å². The molecule has 0 aliphatic rings. The summed E-state index contributed by atoms with van der Waals surface area (Å²) in [4.78, 5) is 0.192. The number of nitrogens with zero attached hydrogens (tertiary/aromatic N) is 3. The zero-order valence-corrected chi connectivity index (χ0v) is 12.3. The van der Waals surface area contributed by atoms with E-state index < -0.39 is 10.0 Å². The van der Waals surface area contributed by atoms with Crippen molar-refractivity contribution in [3.8, 4) is 0 Å². The Morgan fingerprint density at radius 1 is 1.35 bits per heavy atom. The minimum absolute atomic E-state index is 0.192. The van der Waals surface area contributed by atoms with Crippen LogP contribution < -0.4 is 5.73 Å². The molecule has 1 aromatic heterocycles. The molecule has 2 rings (SSSR count). The number of aromatic nitrogens is 2. The minimum atomic E-state index is -3.52. The molecular weight excluding hydrogens is 276 g/mol. The summed E-state index contributed by atoms with van der Waals surface area (Å²) in [7, 11) is -0.280. The van der Waals surface area contributed by atoms with Crippen LogP contribution in [0.5, 0.6) is 0 Å². The van der Waals surface area contributed by atoms with Gasteiger partial charge >= 0.3 is 0 Å². The number of aryl methyl sites for hydroxylation is 1. The summed E-state index contributed by atoms with van der Waals surface area (Å²) in [5.41, 5.74) is 7.47. The summed E-state index contributed by atoms with van der Waals surface area (Å²) in [6.45, 7) is 0.734. The first-order chi connectivity index (χ1) is 9.43. The van der Waals surface area contributed by atoms with Crippen LogP contribution in [0.3, 0.4) is 0 Å². The van der Waals surface area contributed by atoms with Gasteiger partial charge in [0.1, 0.15) is 4.90 Å². The van der Waals surface area contributed by atoms with E-state index in [9.17, 15) is 8.42 Å². The number of nitrogens with two attached hydrogens (primary N) is 1. The van der Waals surface area contributed by atoms with Crippen molar-refractivity contribution in [1.29, 1.82) is 0 Å². The predicted molar refractivity (Wildman–Crippen MR) is 76.2 cm³/mol. The molecule has 0 saturated heterocycles. The Kier molecular flexibility index (Phi) is 4.22. The summed E-state index contributed by atoms with van der Waals surface area (Å²) in [5.74, 6) is 0. The van der Waals surface area contributed by atoms with Crippen LogP contribution >= 0.6 is 0 Å². The molecule has 2 N–H and O–H groups in total. The van der Waals surface area contributed by atoms with E-state index in [1.54, 1.807) is 14.1 Å². The van der Waals surface area contributed by atoms with Gasteiger partial charge in [-0.05, 0) is 11.1 Å². The summed E-state index contributed by atoms with van der Waals surface area (Å²) in [6.07, 6.45) is 2.84. The monoisotopic (exact) mass is 294 g/mol. The normalized spacial score (nSPS) is 12.0. The number of rotatable bonds is 5. The number of sulfonamides is 1. The maximum absolute atomic E-state index is 12.4. The number of hydrogen-bond donors (Lipinski definition) is 1. The topological polar surface area (TPSA) is 81.2 Å². The van der Waals surface area contributed by atoms with Gasteiger partial charge in [0.25, 0.3) is 0 Å². The van der Waals surface area contributed by atoms with Crippen LogP contribution in [0, 0.1) is 0 Å². The van der Waals surface area contributed by atoms with Gasteiger partial charge < -0.3 is 5.73 Å². The van der Waals surface area contributed by atoms with Gasteiger partial charge in [0.05, 0.1) is 6.20 Å². The fourth-order valence-corrected chi connectivity index (χ4v) is 3.05. The molecule has 0 aliphatic carbocycles. The molecule has 6 nitrogen and oxygen atoms in total. The molecule has 0 aliphatic heterocycles. The van der Waals surface area contributed by atoms with E-state index in [0.29, 0.717) is 13.1 Å². The van der Waals surface area contributed by atoms with Crippen LogP contribution in [0.25, 0.3) is 0 Å². The Hall–Kier alpha value is -1.70. The molecular formula is C13H18N4O2S. The quantitative estimate of drug-likeness (QED) is 0.880. The van der Waals surface area contributed by atoms with Gasteiger partial charge in [-0.3, -0.25) is 4.68 Å². The lowest BCUT2D eigenvalue weighted by atomic mass is 10.1. The lowest BCUT2D eigenvalue weighted by molar-refractivity contribution is 0.466. The molecule has 0 fully saturated rings. The highest BCUT2D eigenvalue weighted by molar-refractivity contribution is 7.89. The van der Waals surface area contributed by atoms with E-state index in [1.165, 1.54) is 21.4 Å². The molecule has 0 unspecified atom stereocenters. The average Bonchev–Trinajstić information content (AvgIpc) is 2.86. The van der Waals surface area contributed by atoms with E-state index >= 15 is 0 Å². The van der Waals surface area contributed by atoms with Crippen molar-refractivity contribution >= 4 is 10.0 Å². The summed E-state index contributed by atoms with van der Waals surface area (Å²) >= 11 is 0. The van der Waals surface area contributed by atoms with Gasteiger partial charge in [-0.1, -0.05) is 24.3 Å². The Morgan fingerprint density at radius 2 is 2.05 bits per heavy atom. The van der Waals surface area contributed by atoms with Gasteiger partial charge in [-0.2, -0.15) is 9.40 Å². The Labute approximate surface area is 118 Å². The number of benzene rings is 1. The lowest BCUT2D eigenvalue weighted by Gasteiger charge is -2.16. The SMILES string of the molecule is CN(Cc1cccc(CN)c1)S(=O)(=O)c1cnn(C)c1. The molecule has 0 atom stereocenters. The van der Waals surface area contributed by atoms with E-state index in [0.717, 1.165) is 11.1 Å². The molecule has 2 aromatic rings. The lowest BCUT2D eigenvalue weighted by Crippen LogP contribution is -2.26. The van der Waals surface area contributed by atoms with Crippen LogP contribution in [0.15, 0.2) is 41.6 Å². The molecule has 20 heavy (non-hydrogen) atoms. The van der Waals surface area contributed by atoms with Crippen LogP contribution in [-0.4, -0.2) is 29.6 Å². The molecule has 108 valence electrons. The van der Waals surface area contributed by atoms with Crippen molar-refractivity contribution in [2.24, 2.45) is 12.8 Å². The molecule has 1 heterocycles. The Morgan fingerprint density at radius 3 is 2.65 bits per heavy atom. The smallest absolute Gasteiger partial charge is 0.246 e. The van der Waals surface area contributed by atoms with Gasteiger partial charge in [0.2, 0.25) is 10.0 Å². The third-order valence-electron chi connectivity index (χ3n) is 3.02. The molecule has 0 bridgehead atoms. The first-order valence-electron chi connectivity index (χ1n) is 6.16. The van der Waals surface area contributed by atoms with Gasteiger partial charge in [-0.15, -0.1) is 0 Å². The molecule has 0 amide bonds. The summed E-state index contributed by atoms with van der Waals surface area (Å²) < 4.78 is 27.5. The zero-order chi connectivity index (χ0) is 14.8. The van der Waals surface area contributed by atoms with Crippen LogP contribution in [0.1, 0.15) is 11.1 Å². The average molecular weight is 294 g/mol.